The van der Waals surface area contributed by atoms with Crippen molar-refractivity contribution in [1.29, 1.82) is 0 Å². The molecule has 5 rings (SSSR count). The fourth-order valence-corrected chi connectivity index (χ4v) is 4.35. The molecule has 0 atom stereocenters. The fourth-order valence-electron chi connectivity index (χ4n) is 4.17. The van der Waals surface area contributed by atoms with E-state index in [1.54, 1.807) is 17.0 Å². The number of hydrogen-bond donors (Lipinski definition) is 0. The highest BCUT2D eigenvalue weighted by Crippen LogP contribution is 2.24. The lowest BCUT2D eigenvalue weighted by molar-refractivity contribution is -0.384. The van der Waals surface area contributed by atoms with Crippen molar-refractivity contribution in [3.63, 3.8) is 0 Å². The summed E-state index contributed by atoms with van der Waals surface area (Å²) in [7, 11) is 0. The fraction of sp³-hybridized carbons (Fsp3) is 0.217. The molecule has 0 aliphatic carbocycles. The zero-order valence-electron chi connectivity index (χ0n) is 18.5. The van der Waals surface area contributed by atoms with Gasteiger partial charge >= 0.3 is 0 Å². The number of carbonyl (C=O) groups excluding carboxylic acids is 1. The summed E-state index contributed by atoms with van der Waals surface area (Å²) < 4.78 is 2.50. The van der Waals surface area contributed by atoms with Gasteiger partial charge in [-0.05, 0) is 24.3 Å². The molecule has 2 aromatic carbocycles. The zero-order chi connectivity index (χ0) is 24.5. The molecule has 0 N–H and O–H groups in total. The normalized spacial score (nSPS) is 13.9. The summed E-state index contributed by atoms with van der Waals surface area (Å²) >= 11 is 6.08. The Kier molecular flexibility index (Phi) is 5.91. The summed E-state index contributed by atoms with van der Waals surface area (Å²) in [5.74, 6) is -0.190. The number of carbonyl (C=O) groups is 1. The van der Waals surface area contributed by atoms with Crippen LogP contribution >= 0.6 is 11.6 Å². The molecule has 0 spiro atoms. The number of aromatic nitrogens is 4. The first-order valence-electron chi connectivity index (χ1n) is 10.9. The van der Waals surface area contributed by atoms with Crippen molar-refractivity contribution in [2.75, 3.05) is 31.1 Å². The van der Waals surface area contributed by atoms with Gasteiger partial charge in [-0.2, -0.15) is 5.10 Å². The molecule has 0 saturated carbocycles. The minimum absolute atomic E-state index is 0.157. The van der Waals surface area contributed by atoms with E-state index in [1.807, 2.05) is 24.3 Å². The third-order valence-corrected chi connectivity index (χ3v) is 6.21. The van der Waals surface area contributed by atoms with E-state index in [2.05, 4.69) is 15.0 Å². The van der Waals surface area contributed by atoms with Crippen LogP contribution in [0.3, 0.4) is 0 Å². The van der Waals surface area contributed by atoms with E-state index in [0.29, 0.717) is 31.2 Å². The topological polar surface area (TPSA) is 119 Å². The maximum atomic E-state index is 13.0. The van der Waals surface area contributed by atoms with E-state index in [4.69, 9.17) is 11.6 Å². The molecule has 2 aromatic heterocycles. The van der Waals surface area contributed by atoms with Gasteiger partial charge < -0.3 is 9.80 Å². The molecule has 3 heterocycles. The Hall–Kier alpha value is -4.25. The Morgan fingerprint density at radius 1 is 1.09 bits per heavy atom. The highest BCUT2D eigenvalue weighted by Gasteiger charge is 2.23. The molecule has 1 saturated heterocycles. The molecule has 4 aromatic rings. The quantitative estimate of drug-likeness (QED) is 0.309. The van der Waals surface area contributed by atoms with Gasteiger partial charge in [0.05, 0.1) is 11.1 Å². The van der Waals surface area contributed by atoms with Crippen LogP contribution in [0.25, 0.3) is 16.7 Å². The van der Waals surface area contributed by atoms with E-state index in [9.17, 15) is 19.7 Å². The third kappa shape index (κ3) is 4.33. The Labute approximate surface area is 203 Å². The van der Waals surface area contributed by atoms with E-state index >= 15 is 0 Å². The summed E-state index contributed by atoms with van der Waals surface area (Å²) in [6.07, 6.45) is 2.59. The number of piperazine rings is 1. The third-order valence-electron chi connectivity index (χ3n) is 5.97. The number of anilines is 1. The average molecular weight is 494 g/mol. The first kappa shape index (κ1) is 22.5. The van der Waals surface area contributed by atoms with Gasteiger partial charge in [0.1, 0.15) is 23.9 Å². The highest BCUT2D eigenvalue weighted by molar-refractivity contribution is 6.30. The second-order valence-corrected chi connectivity index (χ2v) is 8.50. The number of benzene rings is 2. The number of nitro groups is 1. The molecule has 1 aliphatic heterocycles. The maximum absolute atomic E-state index is 13.0. The summed E-state index contributed by atoms with van der Waals surface area (Å²) in [5.41, 5.74) is 0.793. The second kappa shape index (κ2) is 9.18. The van der Waals surface area contributed by atoms with Crippen LogP contribution in [-0.4, -0.2) is 61.2 Å². The monoisotopic (exact) mass is 493 g/mol. The standard InChI is InChI=1S/C23H20ClN7O4/c24-16-4-3-5-17(12-16)27-8-10-28(11-9-27)21(32)14-29-15-25-22-18(23(29)33)13-26-30(22)19-6-1-2-7-20(19)31(34)35/h1-7,12-13,15H,8-11,14H2. The summed E-state index contributed by atoms with van der Waals surface area (Å²) in [4.78, 5) is 45.0. The van der Waals surface area contributed by atoms with Gasteiger partial charge in [-0.25, -0.2) is 9.67 Å². The van der Waals surface area contributed by atoms with E-state index in [1.165, 1.54) is 33.9 Å². The first-order chi connectivity index (χ1) is 16.9. The van der Waals surface area contributed by atoms with Crippen LogP contribution in [0.5, 0.6) is 0 Å². The minimum Gasteiger partial charge on any atom is -0.368 e. The van der Waals surface area contributed by atoms with E-state index in [0.717, 1.165) is 5.69 Å². The second-order valence-electron chi connectivity index (χ2n) is 8.06. The number of amides is 1. The number of hydrogen-bond acceptors (Lipinski definition) is 7. The lowest BCUT2D eigenvalue weighted by atomic mass is 10.2. The molecule has 1 aliphatic rings. The van der Waals surface area contributed by atoms with E-state index < -0.39 is 10.5 Å². The van der Waals surface area contributed by atoms with Crippen LogP contribution in [0.15, 0.2) is 65.8 Å². The van der Waals surface area contributed by atoms with Gasteiger partial charge in [0, 0.05) is 43.0 Å². The van der Waals surface area contributed by atoms with Gasteiger partial charge in [0.15, 0.2) is 5.65 Å². The molecule has 1 amide bonds. The summed E-state index contributed by atoms with van der Waals surface area (Å²) in [6, 6.07) is 13.7. The van der Waals surface area contributed by atoms with Crippen molar-refractivity contribution in [2.24, 2.45) is 0 Å². The zero-order valence-corrected chi connectivity index (χ0v) is 19.2. The molecule has 0 bridgehead atoms. The molecular formula is C23H20ClN7O4. The number of para-hydroxylation sites is 2. The lowest BCUT2D eigenvalue weighted by Gasteiger charge is -2.36. The number of halogens is 1. The summed E-state index contributed by atoms with van der Waals surface area (Å²) in [6.45, 7) is 2.19. The van der Waals surface area contributed by atoms with Gasteiger partial charge in [-0.1, -0.05) is 29.8 Å². The number of rotatable bonds is 5. The molecule has 178 valence electrons. The van der Waals surface area contributed by atoms with Crippen LogP contribution in [-0.2, 0) is 11.3 Å². The molecule has 0 radical (unpaired) electrons. The van der Waals surface area contributed by atoms with Crippen LogP contribution in [0.2, 0.25) is 5.02 Å². The lowest BCUT2D eigenvalue weighted by Crippen LogP contribution is -2.50. The van der Waals surface area contributed by atoms with Gasteiger partial charge in [-0.15, -0.1) is 0 Å². The van der Waals surface area contributed by atoms with Gasteiger partial charge in [0.25, 0.3) is 11.2 Å². The Balaban J connectivity index is 1.33. The largest absolute Gasteiger partial charge is 0.368 e. The van der Waals surface area contributed by atoms with Gasteiger partial charge in [0.2, 0.25) is 5.91 Å². The van der Waals surface area contributed by atoms with E-state index in [-0.39, 0.29) is 34.9 Å². The van der Waals surface area contributed by atoms with Crippen molar-refractivity contribution < 1.29 is 9.72 Å². The molecule has 12 heteroatoms. The van der Waals surface area contributed by atoms with Crippen molar-refractivity contribution >= 4 is 39.9 Å². The van der Waals surface area contributed by atoms with Crippen LogP contribution in [0.4, 0.5) is 11.4 Å². The Bertz CT molecular complexity index is 1490. The first-order valence-corrected chi connectivity index (χ1v) is 11.3. The average Bonchev–Trinajstić information content (AvgIpc) is 3.30. The predicted molar refractivity (Wildman–Crippen MR) is 130 cm³/mol. The highest BCUT2D eigenvalue weighted by atomic mass is 35.5. The molecule has 11 nitrogen and oxygen atoms in total. The van der Waals surface area contributed by atoms with Crippen LogP contribution in [0, 0.1) is 10.1 Å². The Morgan fingerprint density at radius 3 is 2.60 bits per heavy atom. The number of nitro benzene ring substituents is 1. The van der Waals surface area contributed by atoms with Crippen molar-refractivity contribution in [3.8, 4) is 5.69 Å². The minimum atomic E-state index is -0.519. The van der Waals surface area contributed by atoms with Gasteiger partial charge in [-0.3, -0.25) is 24.3 Å². The smallest absolute Gasteiger partial charge is 0.294 e. The van der Waals surface area contributed by atoms with Crippen molar-refractivity contribution in [2.45, 2.75) is 6.54 Å². The summed E-state index contributed by atoms with van der Waals surface area (Å²) in [5, 5.41) is 16.4. The van der Waals surface area contributed by atoms with Crippen LogP contribution in [0.1, 0.15) is 0 Å². The molecule has 35 heavy (non-hydrogen) atoms. The molecule has 1 fully saturated rings. The number of nitrogens with zero attached hydrogens (tertiary/aromatic N) is 7. The number of fused-ring (bicyclic) bond motifs is 1. The maximum Gasteiger partial charge on any atom is 0.294 e. The van der Waals surface area contributed by atoms with Crippen molar-refractivity contribution in [1.82, 2.24) is 24.2 Å². The predicted octanol–water partition coefficient (Wildman–Crippen LogP) is 2.49. The Morgan fingerprint density at radius 2 is 1.86 bits per heavy atom. The van der Waals surface area contributed by atoms with Crippen LogP contribution < -0.4 is 10.5 Å². The molecule has 0 unspecified atom stereocenters. The molecular weight excluding hydrogens is 474 g/mol. The SMILES string of the molecule is O=C(Cn1cnc2c(cnn2-c2ccccc2[N+](=O)[O-])c1=O)N1CCN(c2cccc(Cl)c2)CC1. The van der Waals surface area contributed by atoms with Crippen molar-refractivity contribution in [3.05, 3.63) is 86.5 Å².